The molecule has 2 aromatic rings. The maximum atomic E-state index is 5.44. The summed E-state index contributed by atoms with van der Waals surface area (Å²) in [6.07, 6.45) is 0. The lowest BCUT2D eigenvalue weighted by molar-refractivity contribution is 0.122. The predicted octanol–water partition coefficient (Wildman–Crippen LogP) is 3.42. The number of guanidine groups is 1. The fourth-order valence-corrected chi connectivity index (χ4v) is 3.57. The third-order valence-electron chi connectivity index (χ3n) is 5.26. The molecular formula is C24H35IN4O4. The van der Waals surface area contributed by atoms with Crippen LogP contribution in [0.2, 0.25) is 0 Å². The van der Waals surface area contributed by atoms with Crippen molar-refractivity contribution in [1.29, 1.82) is 0 Å². The molecule has 0 aromatic heterocycles. The number of methoxy groups -OCH3 is 3. The number of rotatable bonds is 9. The topological polar surface area (TPSA) is 76.6 Å². The van der Waals surface area contributed by atoms with E-state index in [1.165, 1.54) is 11.3 Å². The minimum atomic E-state index is 0. The van der Waals surface area contributed by atoms with Gasteiger partial charge in [-0.2, -0.15) is 0 Å². The van der Waals surface area contributed by atoms with E-state index < -0.39 is 0 Å². The largest absolute Gasteiger partial charge is 0.493 e. The Morgan fingerprint density at radius 2 is 1.58 bits per heavy atom. The van der Waals surface area contributed by atoms with Crippen molar-refractivity contribution < 1.29 is 18.9 Å². The summed E-state index contributed by atoms with van der Waals surface area (Å²) in [4.78, 5) is 7.07. The van der Waals surface area contributed by atoms with Crippen LogP contribution in [0.1, 0.15) is 18.1 Å². The number of aliphatic imine (C=N–C) groups is 1. The van der Waals surface area contributed by atoms with Gasteiger partial charge in [-0.15, -0.1) is 24.0 Å². The van der Waals surface area contributed by atoms with Gasteiger partial charge >= 0.3 is 0 Å². The van der Waals surface area contributed by atoms with E-state index in [1.54, 1.807) is 21.3 Å². The maximum Gasteiger partial charge on any atom is 0.203 e. The van der Waals surface area contributed by atoms with Crippen LogP contribution in [0, 0.1) is 0 Å². The van der Waals surface area contributed by atoms with E-state index in [-0.39, 0.29) is 24.0 Å². The first-order chi connectivity index (χ1) is 15.7. The molecule has 8 nitrogen and oxygen atoms in total. The summed E-state index contributed by atoms with van der Waals surface area (Å²) in [6, 6.07) is 12.5. The van der Waals surface area contributed by atoms with Crippen LogP contribution in [0.3, 0.4) is 0 Å². The first-order valence-corrected chi connectivity index (χ1v) is 10.9. The average molecular weight is 570 g/mol. The van der Waals surface area contributed by atoms with Crippen LogP contribution in [-0.4, -0.2) is 60.1 Å². The van der Waals surface area contributed by atoms with E-state index >= 15 is 0 Å². The second-order valence-electron chi connectivity index (χ2n) is 7.35. The minimum Gasteiger partial charge on any atom is -0.493 e. The second kappa shape index (κ2) is 14.0. The SMILES string of the molecule is CCNC(=NCc1cc(OC)c(OC)c(OC)c1)NCc1ccc(N2CCOCC2)cc1.I. The van der Waals surface area contributed by atoms with Crippen molar-refractivity contribution in [2.24, 2.45) is 4.99 Å². The lowest BCUT2D eigenvalue weighted by Crippen LogP contribution is -2.37. The molecule has 0 saturated carbocycles. The molecule has 2 aromatic carbocycles. The lowest BCUT2D eigenvalue weighted by atomic mass is 10.2. The van der Waals surface area contributed by atoms with Gasteiger partial charge in [-0.1, -0.05) is 12.1 Å². The Balaban J connectivity index is 0.00000385. The molecule has 1 heterocycles. The summed E-state index contributed by atoms with van der Waals surface area (Å²) in [5.74, 6) is 2.57. The van der Waals surface area contributed by atoms with E-state index in [1.807, 2.05) is 19.1 Å². The first kappa shape index (κ1) is 26.8. The van der Waals surface area contributed by atoms with Gasteiger partial charge in [-0.25, -0.2) is 4.99 Å². The number of hydrogen-bond donors (Lipinski definition) is 2. The van der Waals surface area contributed by atoms with Crippen LogP contribution >= 0.6 is 24.0 Å². The molecule has 1 aliphatic rings. The van der Waals surface area contributed by atoms with E-state index in [0.717, 1.165) is 44.4 Å². The molecule has 0 bridgehead atoms. The van der Waals surface area contributed by atoms with Crippen molar-refractivity contribution >= 4 is 35.6 Å². The Morgan fingerprint density at radius 3 is 2.12 bits per heavy atom. The summed E-state index contributed by atoms with van der Waals surface area (Å²) in [5, 5.41) is 6.70. The van der Waals surface area contributed by atoms with Gasteiger partial charge in [0.05, 0.1) is 41.1 Å². The highest BCUT2D eigenvalue weighted by molar-refractivity contribution is 14.0. The zero-order chi connectivity index (χ0) is 22.8. The van der Waals surface area contributed by atoms with E-state index in [9.17, 15) is 0 Å². The summed E-state index contributed by atoms with van der Waals surface area (Å²) in [6.45, 7) is 7.44. The third kappa shape index (κ3) is 7.56. The lowest BCUT2D eigenvalue weighted by Gasteiger charge is -2.28. The molecule has 0 aliphatic carbocycles. The van der Waals surface area contributed by atoms with Gasteiger partial charge in [0.2, 0.25) is 5.75 Å². The quantitative estimate of drug-likeness (QED) is 0.272. The van der Waals surface area contributed by atoms with Crippen LogP contribution < -0.4 is 29.7 Å². The fourth-order valence-electron chi connectivity index (χ4n) is 3.57. The number of ether oxygens (including phenoxy) is 4. The zero-order valence-corrected chi connectivity index (χ0v) is 22.2. The number of morpholine rings is 1. The molecule has 1 saturated heterocycles. The Hall–Kier alpha value is -2.40. The van der Waals surface area contributed by atoms with Crippen molar-refractivity contribution in [3.8, 4) is 17.2 Å². The predicted molar refractivity (Wildman–Crippen MR) is 143 cm³/mol. The molecule has 182 valence electrons. The Bertz CT molecular complexity index is 862. The highest BCUT2D eigenvalue weighted by atomic mass is 127. The van der Waals surface area contributed by atoms with Crippen LogP contribution in [0.25, 0.3) is 0 Å². The molecule has 0 amide bonds. The summed E-state index contributed by atoms with van der Waals surface area (Å²) in [5.41, 5.74) is 3.40. The molecule has 3 rings (SSSR count). The van der Waals surface area contributed by atoms with E-state index in [0.29, 0.717) is 30.3 Å². The molecular weight excluding hydrogens is 535 g/mol. The van der Waals surface area contributed by atoms with Crippen LogP contribution in [0.15, 0.2) is 41.4 Å². The summed E-state index contributed by atoms with van der Waals surface area (Å²) in [7, 11) is 4.82. The standard InChI is InChI=1S/C24H34N4O4.HI/c1-5-25-24(27-17-19-14-21(29-2)23(31-4)22(15-19)30-3)26-16-18-6-8-20(9-7-18)28-10-12-32-13-11-28;/h6-9,14-15H,5,10-13,16-17H2,1-4H3,(H2,25,26,27);1H. The number of benzene rings is 2. The van der Waals surface area contributed by atoms with Crippen LogP contribution in [-0.2, 0) is 17.8 Å². The Kier molecular flexibility index (Phi) is 11.4. The second-order valence-corrected chi connectivity index (χ2v) is 7.35. The number of hydrogen-bond acceptors (Lipinski definition) is 6. The Morgan fingerprint density at radius 1 is 0.939 bits per heavy atom. The molecule has 1 aliphatic heterocycles. The monoisotopic (exact) mass is 570 g/mol. The van der Waals surface area contributed by atoms with Gasteiger partial charge < -0.3 is 34.5 Å². The van der Waals surface area contributed by atoms with Gasteiger partial charge in [-0.05, 0) is 42.3 Å². The summed E-state index contributed by atoms with van der Waals surface area (Å²) >= 11 is 0. The minimum absolute atomic E-state index is 0. The highest BCUT2D eigenvalue weighted by Crippen LogP contribution is 2.38. The van der Waals surface area contributed by atoms with Crippen molar-refractivity contribution in [1.82, 2.24) is 10.6 Å². The normalized spacial score (nSPS) is 13.7. The Labute approximate surface area is 213 Å². The molecule has 1 fully saturated rings. The first-order valence-electron chi connectivity index (χ1n) is 10.9. The maximum absolute atomic E-state index is 5.44. The molecule has 2 N–H and O–H groups in total. The van der Waals surface area contributed by atoms with Crippen molar-refractivity contribution in [2.75, 3.05) is 59.1 Å². The molecule has 9 heteroatoms. The van der Waals surface area contributed by atoms with Crippen LogP contribution in [0.4, 0.5) is 5.69 Å². The van der Waals surface area contributed by atoms with Crippen molar-refractivity contribution in [3.63, 3.8) is 0 Å². The van der Waals surface area contributed by atoms with Gasteiger partial charge in [0, 0.05) is 31.9 Å². The van der Waals surface area contributed by atoms with Gasteiger partial charge in [0.1, 0.15) is 0 Å². The fraction of sp³-hybridized carbons (Fsp3) is 0.458. The van der Waals surface area contributed by atoms with Crippen molar-refractivity contribution in [3.05, 3.63) is 47.5 Å². The average Bonchev–Trinajstić information content (AvgIpc) is 2.85. The molecule has 0 spiro atoms. The molecule has 0 unspecified atom stereocenters. The van der Waals surface area contributed by atoms with Crippen LogP contribution in [0.5, 0.6) is 17.2 Å². The number of nitrogens with one attached hydrogen (secondary N) is 2. The third-order valence-corrected chi connectivity index (χ3v) is 5.26. The number of halogens is 1. The van der Waals surface area contributed by atoms with E-state index in [2.05, 4.69) is 39.8 Å². The molecule has 0 atom stereocenters. The van der Waals surface area contributed by atoms with Gasteiger partial charge in [-0.3, -0.25) is 0 Å². The molecule has 33 heavy (non-hydrogen) atoms. The summed E-state index contributed by atoms with van der Waals surface area (Å²) < 4.78 is 21.7. The highest BCUT2D eigenvalue weighted by Gasteiger charge is 2.13. The van der Waals surface area contributed by atoms with Crippen molar-refractivity contribution in [2.45, 2.75) is 20.0 Å². The molecule has 0 radical (unpaired) electrons. The van der Waals surface area contributed by atoms with Gasteiger partial charge in [0.15, 0.2) is 17.5 Å². The van der Waals surface area contributed by atoms with Gasteiger partial charge in [0.25, 0.3) is 0 Å². The zero-order valence-electron chi connectivity index (χ0n) is 19.8. The number of nitrogens with zero attached hydrogens (tertiary/aromatic N) is 2. The van der Waals surface area contributed by atoms with E-state index in [4.69, 9.17) is 23.9 Å². The number of anilines is 1. The smallest absolute Gasteiger partial charge is 0.203 e.